The van der Waals surface area contributed by atoms with Gasteiger partial charge in [-0.05, 0) is 120 Å². The van der Waals surface area contributed by atoms with E-state index in [0.717, 1.165) is 35.5 Å². The lowest BCUT2D eigenvalue weighted by molar-refractivity contribution is -0.0518. The molecule has 16 nitrogen and oxygen atoms in total. The van der Waals surface area contributed by atoms with E-state index in [4.69, 9.17) is 41.4 Å². The molecule has 0 spiro atoms. The average molecular weight is 956 g/mol. The molecule has 0 radical (unpaired) electrons. The van der Waals surface area contributed by atoms with Crippen LogP contribution >= 0.6 is 10.5 Å². The number of aryl methyl sites for hydroxylation is 1. The van der Waals surface area contributed by atoms with Crippen molar-refractivity contribution in [2.24, 2.45) is 4.99 Å². The standard InChI is InChI=1S/C43H56N3O10S.CHF3O3S/c1-26-19-20-33-30(21-26)31-23-28(51-14)24-32(52-15)34(31)57(33)29-18-16-17-27(22-29)25-45(37(48)54-41(5,6)7)35(44-36(47)53-40(2,3)4)46(38(49)55-42(8,9)10)39(50)56-43(11,12)13;2-1(3,4)8(5,6)7/h16-24H,25H2,1-15H3;(H,5,6,7)/q+1;/p-1. The maximum atomic E-state index is 14.3. The second-order valence-electron chi connectivity index (χ2n) is 18.3. The second kappa shape index (κ2) is 19.8. The number of amides is 4. The maximum absolute atomic E-state index is 14.3. The lowest BCUT2D eigenvalue weighted by Crippen LogP contribution is -2.55. The molecule has 4 aromatic rings. The zero-order chi connectivity index (χ0) is 49.8. The van der Waals surface area contributed by atoms with Gasteiger partial charge >= 0.3 is 29.9 Å². The van der Waals surface area contributed by atoms with E-state index in [1.165, 1.54) is 0 Å². The minimum Gasteiger partial charge on any atom is -0.741 e. The van der Waals surface area contributed by atoms with Crippen LogP contribution in [0.25, 0.3) is 25.1 Å². The molecule has 358 valence electrons. The molecule has 0 fully saturated rings. The molecule has 4 rings (SSSR count). The van der Waals surface area contributed by atoms with Crippen LogP contribution in [0, 0.1) is 6.92 Å². The smallest absolute Gasteiger partial charge is 0.485 e. The molecule has 0 aliphatic carbocycles. The van der Waals surface area contributed by atoms with Crippen molar-refractivity contribution in [3.05, 3.63) is 65.7 Å². The molecule has 1 atom stereocenters. The van der Waals surface area contributed by atoms with Crippen molar-refractivity contribution in [3.63, 3.8) is 0 Å². The Kier molecular flexibility index (Phi) is 16.4. The molecule has 1 unspecified atom stereocenters. The van der Waals surface area contributed by atoms with E-state index < -0.39 is 78.8 Å². The molecule has 65 heavy (non-hydrogen) atoms. The average Bonchev–Trinajstić information content (AvgIpc) is 3.43. The summed E-state index contributed by atoms with van der Waals surface area (Å²) in [6, 6.07) is 17.7. The van der Waals surface area contributed by atoms with Crippen LogP contribution in [0.1, 0.15) is 94.2 Å². The SMILES string of the molecule is COc1cc(OC)c2c(c1)c1cc(C)ccc1[s+]2-c1cccc(CN(C(=O)OC(C)(C)C)C(=NC(=O)OC(C)(C)C)N(C(=O)OC(C)(C)C)C(=O)OC(C)(C)C)c1.O=S(=O)([O-])C(F)(F)F. The van der Waals surface area contributed by atoms with Crippen LogP contribution in [-0.4, -0.2) is 95.2 Å². The van der Waals surface area contributed by atoms with Gasteiger partial charge < -0.3 is 33.0 Å². The number of guanidine groups is 1. The molecule has 4 amide bonds. The minimum absolute atomic E-state index is 0.322. The number of thiophene rings is 1. The van der Waals surface area contributed by atoms with Crippen molar-refractivity contribution < 1.29 is 73.7 Å². The number of carbonyl (C=O) groups excluding carboxylic acids is 4. The fraction of sp³-hybridized carbons (Fsp3) is 0.477. The molecule has 0 saturated carbocycles. The summed E-state index contributed by atoms with van der Waals surface area (Å²) in [5.74, 6) is 0.566. The lowest BCUT2D eigenvalue weighted by atomic mass is 10.1. The summed E-state index contributed by atoms with van der Waals surface area (Å²) in [5.41, 5.74) is -8.32. The fourth-order valence-electron chi connectivity index (χ4n) is 5.58. The van der Waals surface area contributed by atoms with Gasteiger partial charge in [0.25, 0.3) is 0 Å². The molecular weight excluding hydrogens is 900 g/mol. The highest BCUT2D eigenvalue weighted by atomic mass is 32.2. The van der Waals surface area contributed by atoms with Gasteiger partial charge in [0.2, 0.25) is 10.7 Å². The number of benzene rings is 3. The number of aliphatic imine (C=N–C) groups is 1. The van der Waals surface area contributed by atoms with Crippen LogP contribution in [0.2, 0.25) is 0 Å². The van der Waals surface area contributed by atoms with E-state index in [1.807, 2.05) is 37.3 Å². The topological polar surface area (TPSA) is 200 Å². The molecule has 0 bridgehead atoms. The largest absolute Gasteiger partial charge is 0.741 e. The van der Waals surface area contributed by atoms with Gasteiger partial charge in [-0.25, -0.2) is 32.5 Å². The van der Waals surface area contributed by atoms with Gasteiger partial charge in [0, 0.05) is 28.0 Å². The number of rotatable bonds is 5. The van der Waals surface area contributed by atoms with E-state index in [1.54, 1.807) is 103 Å². The van der Waals surface area contributed by atoms with Crippen molar-refractivity contribution in [1.29, 1.82) is 0 Å². The minimum atomic E-state index is -6.09. The Morgan fingerprint density at radius 2 is 1.20 bits per heavy atom. The number of hydrogen-bond acceptors (Lipinski definition) is 13. The van der Waals surface area contributed by atoms with E-state index in [2.05, 4.69) is 23.2 Å². The predicted octanol–water partition coefficient (Wildman–Crippen LogP) is 11.3. The van der Waals surface area contributed by atoms with Crippen LogP contribution in [0.15, 0.2) is 59.6 Å². The van der Waals surface area contributed by atoms with Crippen molar-refractivity contribution in [2.45, 2.75) is 124 Å². The quantitative estimate of drug-likeness (QED) is 0.0457. The molecule has 0 aliphatic rings. The highest BCUT2D eigenvalue weighted by Crippen LogP contribution is 2.53. The molecule has 0 aliphatic heterocycles. The first-order chi connectivity index (χ1) is 29.4. The van der Waals surface area contributed by atoms with Gasteiger partial charge in [0.15, 0.2) is 25.5 Å². The Balaban J connectivity index is 0.00000128. The van der Waals surface area contributed by atoms with Crippen molar-refractivity contribution >= 4 is 71.1 Å². The molecule has 21 heteroatoms. The van der Waals surface area contributed by atoms with Crippen LogP contribution in [-0.2, 0) is 35.6 Å². The van der Waals surface area contributed by atoms with Gasteiger partial charge in [-0.15, -0.1) is 9.89 Å². The summed E-state index contributed by atoms with van der Waals surface area (Å²) in [7, 11) is -3.54. The maximum Gasteiger partial charge on any atom is 0.485 e. The third-order valence-electron chi connectivity index (χ3n) is 7.88. The summed E-state index contributed by atoms with van der Waals surface area (Å²) in [4.78, 5) is 62.2. The first-order valence-corrected chi connectivity index (χ1v) is 22.4. The van der Waals surface area contributed by atoms with Crippen molar-refractivity contribution in [3.8, 4) is 16.4 Å². The first-order valence-electron chi connectivity index (χ1n) is 19.8. The highest BCUT2D eigenvalue weighted by Gasteiger charge is 2.42. The van der Waals surface area contributed by atoms with Gasteiger partial charge in [-0.1, -0.05) is 23.8 Å². The van der Waals surface area contributed by atoms with Gasteiger partial charge in [0.1, 0.15) is 28.2 Å². The van der Waals surface area contributed by atoms with E-state index in [-0.39, 0.29) is 6.54 Å². The Morgan fingerprint density at radius 1 is 0.692 bits per heavy atom. The first kappa shape index (κ1) is 53.7. The normalized spacial score (nSPS) is 13.0. The van der Waals surface area contributed by atoms with Crippen LogP contribution < -0.4 is 9.47 Å². The number of imide groups is 1. The number of ether oxygens (including phenoxy) is 6. The van der Waals surface area contributed by atoms with Crippen molar-refractivity contribution in [2.75, 3.05) is 14.2 Å². The third-order valence-corrected chi connectivity index (χ3v) is 10.8. The Labute approximate surface area is 379 Å². The molecule has 0 saturated heterocycles. The monoisotopic (exact) mass is 955 g/mol. The Hall–Kier alpha value is -5.67. The predicted molar refractivity (Wildman–Crippen MR) is 239 cm³/mol. The number of halogens is 3. The zero-order valence-corrected chi connectivity index (χ0v) is 40.6. The number of fused-ring (bicyclic) bond motifs is 3. The summed E-state index contributed by atoms with van der Waals surface area (Å²) in [6.07, 6.45) is -4.70. The number of alkyl halides is 3. The Bertz CT molecular complexity index is 2530. The second-order valence-corrected chi connectivity index (χ2v) is 21.6. The molecule has 1 aromatic heterocycles. The highest BCUT2D eigenvalue weighted by molar-refractivity contribution is 7.86. The van der Waals surface area contributed by atoms with Gasteiger partial charge in [-0.3, -0.25) is 0 Å². The number of hydrogen-bond donors (Lipinski definition) is 0. The fourth-order valence-corrected chi connectivity index (χ4v) is 8.10. The molecule has 0 N–H and O–H groups in total. The van der Waals surface area contributed by atoms with Crippen LogP contribution in [0.3, 0.4) is 0 Å². The number of carbonyl (C=O) groups is 4. The van der Waals surface area contributed by atoms with Gasteiger partial charge in [-0.2, -0.15) is 13.2 Å². The van der Waals surface area contributed by atoms with Gasteiger partial charge in [0.05, 0.1) is 26.2 Å². The third kappa shape index (κ3) is 15.2. The Morgan fingerprint density at radius 3 is 1.66 bits per heavy atom. The zero-order valence-electron chi connectivity index (χ0n) is 39.0. The molecule has 3 aromatic carbocycles. The van der Waals surface area contributed by atoms with E-state index in [9.17, 15) is 32.3 Å². The summed E-state index contributed by atoms with van der Waals surface area (Å²) in [5, 5.41) is 2.02. The number of nitrogens with zero attached hydrogens (tertiary/aromatic N) is 3. The van der Waals surface area contributed by atoms with Crippen molar-refractivity contribution in [1.82, 2.24) is 9.80 Å². The number of methoxy groups -OCH3 is 2. The summed E-state index contributed by atoms with van der Waals surface area (Å²) in [6.45, 7) is 21.2. The van der Waals surface area contributed by atoms with E-state index in [0.29, 0.717) is 22.0 Å². The summed E-state index contributed by atoms with van der Waals surface area (Å²) >= 11 is 0. The summed E-state index contributed by atoms with van der Waals surface area (Å²) < 4.78 is 95.1. The molecule has 1 heterocycles. The van der Waals surface area contributed by atoms with Crippen LogP contribution in [0.4, 0.5) is 32.3 Å². The lowest BCUT2D eigenvalue weighted by Gasteiger charge is -2.33. The van der Waals surface area contributed by atoms with E-state index >= 15 is 0 Å². The molecular formula is C44H56F3N3O13S2. The van der Waals surface area contributed by atoms with Crippen LogP contribution in [0.5, 0.6) is 11.5 Å².